The van der Waals surface area contributed by atoms with E-state index in [2.05, 4.69) is 24.9 Å². The van der Waals surface area contributed by atoms with Crippen LogP contribution in [0.3, 0.4) is 0 Å². The molecule has 3 aromatic rings. The second-order valence-electron chi connectivity index (χ2n) is 7.60. The van der Waals surface area contributed by atoms with Crippen LogP contribution in [0.4, 0.5) is 23.0 Å². The Morgan fingerprint density at radius 2 is 1.61 bits per heavy atom. The molecule has 0 amide bonds. The van der Waals surface area contributed by atoms with Gasteiger partial charge < -0.3 is 15.0 Å². The Balaban J connectivity index is 1.49. The predicted octanol–water partition coefficient (Wildman–Crippen LogP) is 4.78. The van der Waals surface area contributed by atoms with Gasteiger partial charge in [-0.1, -0.05) is 23.2 Å². The van der Waals surface area contributed by atoms with Crippen LogP contribution in [0.2, 0.25) is 10.0 Å². The van der Waals surface area contributed by atoms with Gasteiger partial charge in [0.25, 0.3) is 10.0 Å². The highest BCUT2D eigenvalue weighted by atomic mass is 35.5. The second-order valence-corrected chi connectivity index (χ2v) is 10.1. The van der Waals surface area contributed by atoms with Crippen LogP contribution >= 0.6 is 23.2 Å². The smallest absolute Gasteiger partial charge is 0.263 e. The highest BCUT2D eigenvalue weighted by Crippen LogP contribution is 2.30. The zero-order valence-electron chi connectivity index (χ0n) is 18.1. The maximum Gasteiger partial charge on any atom is 0.263 e. The van der Waals surface area contributed by atoms with E-state index >= 15 is 0 Å². The first-order chi connectivity index (χ1) is 15.7. The van der Waals surface area contributed by atoms with Crippen LogP contribution in [0.1, 0.15) is 11.4 Å². The number of anilines is 4. The average molecular weight is 508 g/mol. The lowest BCUT2D eigenvalue weighted by atomic mass is 10.2. The van der Waals surface area contributed by atoms with Gasteiger partial charge in [-0.15, -0.1) is 0 Å². The van der Waals surface area contributed by atoms with Crippen LogP contribution in [-0.4, -0.2) is 44.7 Å². The fourth-order valence-corrected chi connectivity index (χ4v) is 5.28. The van der Waals surface area contributed by atoms with E-state index in [1.54, 1.807) is 31.2 Å². The summed E-state index contributed by atoms with van der Waals surface area (Å²) >= 11 is 12.1. The minimum Gasteiger partial charge on any atom is -0.378 e. The van der Waals surface area contributed by atoms with Crippen LogP contribution in [0.5, 0.6) is 0 Å². The first-order valence-corrected chi connectivity index (χ1v) is 12.5. The lowest BCUT2D eigenvalue weighted by Gasteiger charge is -2.28. The lowest BCUT2D eigenvalue weighted by molar-refractivity contribution is 0.122. The maximum atomic E-state index is 12.8. The highest BCUT2D eigenvalue weighted by Gasteiger charge is 2.20. The van der Waals surface area contributed by atoms with Gasteiger partial charge in [0.15, 0.2) is 0 Å². The number of ether oxygens (including phenoxy) is 1. The monoisotopic (exact) mass is 507 g/mol. The Kier molecular flexibility index (Phi) is 6.94. The number of halogens is 2. The molecule has 1 aromatic heterocycles. The summed E-state index contributed by atoms with van der Waals surface area (Å²) in [7, 11) is -3.88. The molecule has 2 N–H and O–H groups in total. The maximum absolute atomic E-state index is 12.8. The van der Waals surface area contributed by atoms with Gasteiger partial charge in [-0.3, -0.25) is 4.72 Å². The molecule has 0 radical (unpaired) electrons. The second kappa shape index (κ2) is 9.72. The van der Waals surface area contributed by atoms with E-state index in [1.807, 2.05) is 13.0 Å². The normalized spacial score (nSPS) is 14.2. The SMILES string of the molecule is Cc1nc(Nc2ccc(NS(=O)(=O)c3cc(C)c(Cl)cc3Cl)cc2)cc(N2CCOCC2)n1. The molecule has 0 atom stereocenters. The summed E-state index contributed by atoms with van der Waals surface area (Å²) in [6, 6.07) is 11.6. The Hall–Kier alpha value is -2.59. The van der Waals surface area contributed by atoms with Gasteiger partial charge in [-0.05, 0) is 55.8 Å². The molecule has 0 saturated carbocycles. The molecule has 8 nitrogen and oxygen atoms in total. The van der Waals surface area contributed by atoms with Gasteiger partial charge in [-0.2, -0.15) is 0 Å². The van der Waals surface area contributed by atoms with E-state index in [0.29, 0.717) is 41.1 Å². The minimum absolute atomic E-state index is 0.0274. The van der Waals surface area contributed by atoms with Gasteiger partial charge in [0.05, 0.1) is 18.2 Å². The third kappa shape index (κ3) is 5.67. The van der Waals surface area contributed by atoms with Crippen molar-refractivity contribution < 1.29 is 13.2 Å². The summed E-state index contributed by atoms with van der Waals surface area (Å²) in [5.74, 6) is 2.15. The van der Waals surface area contributed by atoms with Crippen LogP contribution in [0.25, 0.3) is 0 Å². The van der Waals surface area contributed by atoms with Gasteiger partial charge in [0.2, 0.25) is 0 Å². The largest absolute Gasteiger partial charge is 0.378 e. The topological polar surface area (TPSA) is 96.5 Å². The van der Waals surface area contributed by atoms with Crippen LogP contribution in [-0.2, 0) is 14.8 Å². The highest BCUT2D eigenvalue weighted by molar-refractivity contribution is 7.92. The van der Waals surface area contributed by atoms with Crippen LogP contribution in [0.15, 0.2) is 47.4 Å². The third-order valence-electron chi connectivity index (χ3n) is 5.07. The van der Waals surface area contributed by atoms with Crippen LogP contribution in [0, 0.1) is 13.8 Å². The van der Waals surface area contributed by atoms with Crippen LogP contribution < -0.4 is 14.9 Å². The molecule has 1 fully saturated rings. The summed E-state index contributed by atoms with van der Waals surface area (Å²) < 4.78 is 33.6. The van der Waals surface area contributed by atoms with Crippen molar-refractivity contribution in [1.29, 1.82) is 0 Å². The van der Waals surface area contributed by atoms with Crippen molar-refractivity contribution in [2.75, 3.05) is 41.2 Å². The predicted molar refractivity (Wildman–Crippen MR) is 132 cm³/mol. The van der Waals surface area contributed by atoms with E-state index in [1.165, 1.54) is 12.1 Å². The molecule has 2 aromatic carbocycles. The average Bonchev–Trinajstić information content (AvgIpc) is 2.77. The molecule has 1 saturated heterocycles. The van der Waals surface area contributed by atoms with E-state index < -0.39 is 10.0 Å². The summed E-state index contributed by atoms with van der Waals surface area (Å²) in [4.78, 5) is 11.1. The molecule has 11 heteroatoms. The Morgan fingerprint density at radius 1 is 0.939 bits per heavy atom. The number of hydrogen-bond acceptors (Lipinski definition) is 7. The molecule has 0 aliphatic carbocycles. The number of benzene rings is 2. The Bertz CT molecular complexity index is 1260. The molecule has 2 heterocycles. The fourth-order valence-electron chi connectivity index (χ4n) is 3.39. The summed E-state index contributed by atoms with van der Waals surface area (Å²) in [5, 5.41) is 3.72. The summed E-state index contributed by atoms with van der Waals surface area (Å²) in [6.07, 6.45) is 0. The molecule has 0 bridgehead atoms. The number of morpholine rings is 1. The first kappa shape index (κ1) is 23.6. The molecule has 33 heavy (non-hydrogen) atoms. The molecule has 0 unspecified atom stereocenters. The molecule has 1 aliphatic rings. The van der Waals surface area contributed by atoms with Crippen molar-refractivity contribution in [3.05, 3.63) is 63.9 Å². The Morgan fingerprint density at radius 3 is 2.30 bits per heavy atom. The third-order valence-corrected chi connectivity index (χ3v) is 7.32. The van der Waals surface area contributed by atoms with Gasteiger partial charge in [0.1, 0.15) is 22.4 Å². The van der Waals surface area contributed by atoms with Gasteiger partial charge >= 0.3 is 0 Å². The number of aromatic nitrogens is 2. The van der Waals surface area contributed by atoms with Gasteiger partial charge in [0, 0.05) is 35.6 Å². The van der Waals surface area contributed by atoms with Gasteiger partial charge in [-0.25, -0.2) is 18.4 Å². The van der Waals surface area contributed by atoms with E-state index in [0.717, 1.165) is 24.6 Å². The van der Waals surface area contributed by atoms with Crippen molar-refractivity contribution >= 4 is 56.2 Å². The van der Waals surface area contributed by atoms with E-state index in [9.17, 15) is 8.42 Å². The number of sulfonamides is 1. The molecule has 4 rings (SSSR count). The summed E-state index contributed by atoms with van der Waals surface area (Å²) in [6.45, 7) is 6.46. The standard InChI is InChI=1S/C22H23Cl2N5O3S/c1-14-11-20(19(24)12-18(14)23)33(30,31)28-17-5-3-16(4-6-17)27-21-13-22(26-15(2)25-21)29-7-9-32-10-8-29/h3-6,11-13,28H,7-10H2,1-2H3,(H,25,26,27). The van der Waals surface area contributed by atoms with E-state index in [-0.39, 0.29) is 9.92 Å². The van der Waals surface area contributed by atoms with E-state index in [4.69, 9.17) is 27.9 Å². The number of aryl methyl sites for hydroxylation is 2. The molecule has 1 aliphatic heterocycles. The Labute approximate surface area is 203 Å². The number of nitrogens with zero attached hydrogens (tertiary/aromatic N) is 3. The number of hydrogen-bond donors (Lipinski definition) is 2. The van der Waals surface area contributed by atoms with Crippen molar-refractivity contribution in [2.45, 2.75) is 18.7 Å². The molecular weight excluding hydrogens is 485 g/mol. The minimum atomic E-state index is -3.88. The molecule has 174 valence electrons. The molecular formula is C22H23Cl2N5O3S. The van der Waals surface area contributed by atoms with Crippen molar-refractivity contribution in [3.8, 4) is 0 Å². The molecule has 0 spiro atoms. The van der Waals surface area contributed by atoms with Crippen molar-refractivity contribution in [3.63, 3.8) is 0 Å². The van der Waals surface area contributed by atoms with Crippen molar-refractivity contribution in [2.24, 2.45) is 0 Å². The number of rotatable bonds is 6. The zero-order valence-corrected chi connectivity index (χ0v) is 20.4. The lowest BCUT2D eigenvalue weighted by Crippen LogP contribution is -2.36. The first-order valence-electron chi connectivity index (χ1n) is 10.3. The quantitative estimate of drug-likeness (QED) is 0.495. The zero-order chi connectivity index (χ0) is 23.6. The summed E-state index contributed by atoms with van der Waals surface area (Å²) in [5.41, 5.74) is 1.78. The fraction of sp³-hybridized carbons (Fsp3) is 0.273. The number of nitrogens with one attached hydrogen (secondary N) is 2. The van der Waals surface area contributed by atoms with Crippen molar-refractivity contribution in [1.82, 2.24) is 9.97 Å².